The highest BCUT2D eigenvalue weighted by atomic mass is 35.5. The Morgan fingerprint density at radius 2 is 1.92 bits per heavy atom. The third kappa shape index (κ3) is 4.64. The minimum Gasteiger partial charge on any atom is -0.493 e. The normalized spacial score (nSPS) is 12.3. The topological polar surface area (TPSA) is 116 Å². The standard InChI is InChI=1S/C27H20ClN3O6/c1-15(27(33)34)36-24-17(11-18(28)13-22(24)35-2)14-29-31-25(23-12-16-7-3-6-10-21(16)37-23)30-20-9-5-4-8-19(20)26(31)32/h3-15H,1-2H3,(H,33,34)/t15-/m1/s1. The number of halogens is 1. The van der Waals surface area contributed by atoms with Crippen LogP contribution in [0.2, 0.25) is 5.02 Å². The van der Waals surface area contributed by atoms with Gasteiger partial charge in [0, 0.05) is 22.0 Å². The fourth-order valence-electron chi connectivity index (χ4n) is 3.79. The molecule has 0 spiro atoms. The van der Waals surface area contributed by atoms with E-state index >= 15 is 0 Å². The van der Waals surface area contributed by atoms with Gasteiger partial charge >= 0.3 is 5.97 Å². The van der Waals surface area contributed by atoms with Crippen molar-refractivity contribution in [1.29, 1.82) is 0 Å². The molecule has 9 nitrogen and oxygen atoms in total. The number of carboxylic acids is 1. The lowest BCUT2D eigenvalue weighted by atomic mass is 10.2. The Hall–Kier alpha value is -4.63. The Morgan fingerprint density at radius 3 is 2.68 bits per heavy atom. The van der Waals surface area contributed by atoms with Gasteiger partial charge in [0.05, 0.1) is 24.2 Å². The number of benzene rings is 3. The molecule has 0 radical (unpaired) electrons. The highest BCUT2D eigenvalue weighted by Gasteiger charge is 2.20. The third-order valence-electron chi connectivity index (χ3n) is 5.62. The molecule has 0 saturated heterocycles. The van der Waals surface area contributed by atoms with Crippen LogP contribution in [0.1, 0.15) is 12.5 Å². The zero-order chi connectivity index (χ0) is 26.1. The first-order valence-electron chi connectivity index (χ1n) is 11.2. The van der Waals surface area contributed by atoms with E-state index in [0.29, 0.717) is 32.8 Å². The quantitative estimate of drug-likeness (QED) is 0.295. The Kier molecular flexibility index (Phi) is 6.37. The smallest absolute Gasteiger partial charge is 0.344 e. The highest BCUT2D eigenvalue weighted by Crippen LogP contribution is 2.35. The van der Waals surface area contributed by atoms with Gasteiger partial charge in [0.1, 0.15) is 5.58 Å². The van der Waals surface area contributed by atoms with E-state index in [9.17, 15) is 14.7 Å². The molecule has 3 aromatic carbocycles. The van der Waals surface area contributed by atoms with Crippen molar-refractivity contribution in [3.8, 4) is 23.1 Å². The second kappa shape index (κ2) is 9.79. The van der Waals surface area contributed by atoms with Gasteiger partial charge in [-0.3, -0.25) is 4.79 Å². The van der Waals surface area contributed by atoms with Crippen LogP contribution in [0.25, 0.3) is 33.5 Å². The minimum absolute atomic E-state index is 0.109. The second-order valence-corrected chi connectivity index (χ2v) is 8.52. The summed E-state index contributed by atoms with van der Waals surface area (Å²) in [5.41, 5.74) is 0.993. The van der Waals surface area contributed by atoms with Gasteiger partial charge in [-0.15, -0.1) is 0 Å². The fourth-order valence-corrected chi connectivity index (χ4v) is 4.01. The van der Waals surface area contributed by atoms with Crippen molar-refractivity contribution in [3.05, 3.63) is 87.7 Å². The molecule has 0 aliphatic rings. The Labute approximate surface area is 215 Å². The van der Waals surface area contributed by atoms with E-state index in [0.717, 1.165) is 10.1 Å². The number of hydrogen-bond acceptors (Lipinski definition) is 7. The van der Waals surface area contributed by atoms with Crippen molar-refractivity contribution in [3.63, 3.8) is 0 Å². The van der Waals surface area contributed by atoms with Gasteiger partial charge in [0.15, 0.2) is 23.4 Å². The fraction of sp³-hybridized carbons (Fsp3) is 0.111. The molecule has 0 amide bonds. The molecule has 2 aromatic heterocycles. The Morgan fingerprint density at radius 1 is 1.16 bits per heavy atom. The van der Waals surface area contributed by atoms with E-state index in [-0.39, 0.29) is 17.3 Å². The van der Waals surface area contributed by atoms with Crippen molar-refractivity contribution in [2.75, 3.05) is 7.11 Å². The largest absolute Gasteiger partial charge is 0.493 e. The number of ether oxygens (including phenoxy) is 2. The van der Waals surface area contributed by atoms with Crippen LogP contribution in [-0.4, -0.2) is 40.2 Å². The molecule has 0 aliphatic heterocycles. The van der Waals surface area contributed by atoms with E-state index in [2.05, 4.69) is 10.1 Å². The zero-order valence-corrected chi connectivity index (χ0v) is 20.5. The number of carboxylic acid groups (broad SMARTS) is 1. The summed E-state index contributed by atoms with van der Waals surface area (Å²) in [7, 11) is 1.41. The SMILES string of the molecule is COc1cc(Cl)cc(C=Nn2c(-c3cc4ccccc4o3)nc3ccccc3c2=O)c1O[C@H](C)C(=O)O. The third-order valence-corrected chi connectivity index (χ3v) is 5.84. The van der Waals surface area contributed by atoms with Crippen molar-refractivity contribution in [2.45, 2.75) is 13.0 Å². The summed E-state index contributed by atoms with van der Waals surface area (Å²) in [5, 5.41) is 15.2. The lowest BCUT2D eigenvalue weighted by Gasteiger charge is -2.16. The number of para-hydroxylation sites is 2. The summed E-state index contributed by atoms with van der Waals surface area (Å²) in [6, 6.07) is 19.2. The van der Waals surface area contributed by atoms with Gasteiger partial charge < -0.3 is 19.0 Å². The molecule has 10 heteroatoms. The predicted octanol–water partition coefficient (Wildman–Crippen LogP) is 5.21. The first-order chi connectivity index (χ1) is 17.9. The van der Waals surface area contributed by atoms with Gasteiger partial charge in [0.25, 0.3) is 5.56 Å². The lowest BCUT2D eigenvalue weighted by Crippen LogP contribution is -2.24. The number of carbonyl (C=O) groups is 1. The molecule has 0 bridgehead atoms. The van der Waals surface area contributed by atoms with E-state index in [1.807, 2.05) is 24.3 Å². The van der Waals surface area contributed by atoms with Crippen LogP contribution in [0.3, 0.4) is 0 Å². The van der Waals surface area contributed by atoms with Gasteiger partial charge in [-0.2, -0.15) is 9.78 Å². The summed E-state index contributed by atoms with van der Waals surface area (Å²) in [6.45, 7) is 1.38. The molecule has 5 rings (SSSR count). The van der Waals surface area contributed by atoms with Crippen molar-refractivity contribution >= 4 is 45.7 Å². The molecule has 37 heavy (non-hydrogen) atoms. The summed E-state index contributed by atoms with van der Waals surface area (Å²) in [4.78, 5) is 29.6. The number of methoxy groups -OCH3 is 1. The molecule has 0 saturated carbocycles. The second-order valence-electron chi connectivity index (χ2n) is 8.09. The van der Waals surface area contributed by atoms with E-state index < -0.39 is 17.6 Å². The average molecular weight is 518 g/mol. The summed E-state index contributed by atoms with van der Waals surface area (Å²) < 4.78 is 18.1. The molecule has 0 unspecified atom stereocenters. The van der Waals surface area contributed by atoms with Crippen LogP contribution in [0.4, 0.5) is 0 Å². The average Bonchev–Trinajstić information content (AvgIpc) is 3.33. The van der Waals surface area contributed by atoms with E-state index in [4.69, 9.17) is 25.5 Å². The number of aliphatic carboxylic acids is 1. The first-order valence-corrected chi connectivity index (χ1v) is 11.6. The first kappa shape index (κ1) is 24.1. The van der Waals surface area contributed by atoms with E-state index in [1.54, 1.807) is 30.3 Å². The van der Waals surface area contributed by atoms with Crippen LogP contribution in [-0.2, 0) is 4.79 Å². The lowest BCUT2D eigenvalue weighted by molar-refractivity contribution is -0.144. The molecule has 186 valence electrons. The number of furan rings is 1. The number of aromatic nitrogens is 2. The highest BCUT2D eigenvalue weighted by molar-refractivity contribution is 6.31. The van der Waals surface area contributed by atoms with Gasteiger partial charge in [-0.25, -0.2) is 9.78 Å². The molecule has 0 aliphatic carbocycles. The van der Waals surface area contributed by atoms with Gasteiger partial charge in [-0.05, 0) is 37.3 Å². The van der Waals surface area contributed by atoms with Crippen molar-refractivity contribution in [1.82, 2.24) is 9.66 Å². The molecule has 5 aromatic rings. The Balaban J connectivity index is 1.71. The molecular weight excluding hydrogens is 498 g/mol. The van der Waals surface area contributed by atoms with Gasteiger partial charge in [0.2, 0.25) is 5.82 Å². The number of hydrogen-bond donors (Lipinski definition) is 1. The van der Waals surface area contributed by atoms with E-state index in [1.165, 1.54) is 32.4 Å². The maximum atomic E-state index is 13.5. The van der Waals surface area contributed by atoms with Crippen LogP contribution in [0.15, 0.2) is 81.0 Å². The molecular formula is C27H20ClN3O6. The van der Waals surface area contributed by atoms with Crippen LogP contribution >= 0.6 is 11.6 Å². The summed E-state index contributed by atoms with van der Waals surface area (Å²) in [5.74, 6) is -0.310. The minimum atomic E-state index is -1.18. The van der Waals surface area contributed by atoms with Crippen molar-refractivity contribution < 1.29 is 23.8 Å². The summed E-state index contributed by atoms with van der Waals surface area (Å²) in [6.07, 6.45) is 0.154. The molecule has 1 N–H and O–H groups in total. The number of rotatable bonds is 7. The predicted molar refractivity (Wildman–Crippen MR) is 140 cm³/mol. The zero-order valence-electron chi connectivity index (χ0n) is 19.7. The maximum Gasteiger partial charge on any atom is 0.344 e. The Bertz CT molecular complexity index is 1710. The van der Waals surface area contributed by atoms with Gasteiger partial charge in [-0.1, -0.05) is 41.9 Å². The maximum absolute atomic E-state index is 13.5. The molecule has 1 atom stereocenters. The molecule has 2 heterocycles. The van der Waals surface area contributed by atoms with Crippen LogP contribution in [0.5, 0.6) is 11.5 Å². The number of fused-ring (bicyclic) bond motifs is 2. The summed E-state index contributed by atoms with van der Waals surface area (Å²) >= 11 is 6.25. The van der Waals surface area contributed by atoms with Crippen molar-refractivity contribution in [2.24, 2.45) is 5.10 Å². The monoisotopic (exact) mass is 517 g/mol. The van der Waals surface area contributed by atoms with Crippen LogP contribution < -0.4 is 15.0 Å². The molecule has 0 fully saturated rings. The number of nitrogens with zero attached hydrogens (tertiary/aromatic N) is 3. The van der Waals surface area contributed by atoms with Crippen LogP contribution in [0, 0.1) is 0 Å².